The van der Waals surface area contributed by atoms with Crippen molar-refractivity contribution in [2.75, 3.05) is 6.61 Å². The van der Waals surface area contributed by atoms with Crippen molar-refractivity contribution < 1.29 is 14.6 Å². The maximum atomic E-state index is 10.9. The Hall–Kier alpha value is -0.900. The van der Waals surface area contributed by atoms with E-state index in [4.69, 9.17) is 9.47 Å². The fourth-order valence-corrected chi connectivity index (χ4v) is 6.96. The summed E-state index contributed by atoms with van der Waals surface area (Å²) in [6.45, 7) is 7.72. The van der Waals surface area contributed by atoms with Gasteiger partial charge in [0.1, 0.15) is 16.8 Å². The Morgan fingerprint density at radius 3 is 2.50 bits per heavy atom. The first-order chi connectivity index (χ1) is 10.4. The zero-order valence-corrected chi connectivity index (χ0v) is 13.3. The molecule has 0 radical (unpaired) electrons. The molecule has 2 bridgehead atoms. The van der Waals surface area contributed by atoms with Crippen molar-refractivity contribution in [3.8, 4) is 0 Å². The number of rotatable bonds is 0. The van der Waals surface area contributed by atoms with Crippen LogP contribution < -0.4 is 0 Å². The molecule has 116 valence electrons. The van der Waals surface area contributed by atoms with Crippen molar-refractivity contribution in [2.24, 2.45) is 16.7 Å². The fraction of sp³-hybridized carbons (Fsp3) is 0.684. The molecule has 2 saturated heterocycles. The van der Waals surface area contributed by atoms with Crippen LogP contribution in [0.25, 0.3) is 0 Å². The predicted molar refractivity (Wildman–Crippen MR) is 80.2 cm³/mol. The van der Waals surface area contributed by atoms with E-state index in [1.54, 1.807) is 0 Å². The maximum absolute atomic E-state index is 10.9. The summed E-state index contributed by atoms with van der Waals surface area (Å²) in [5.74, 6) is 0.386. The summed E-state index contributed by atoms with van der Waals surface area (Å²) in [5.41, 5.74) is 1.99. The first-order valence-electron chi connectivity index (χ1n) is 8.48. The van der Waals surface area contributed by atoms with Gasteiger partial charge in [-0.3, -0.25) is 0 Å². The first-order valence-corrected chi connectivity index (χ1v) is 8.48. The average Bonchev–Trinajstić information content (AvgIpc) is 3.37. The number of fused-ring (bicyclic) bond motifs is 4. The first kappa shape index (κ1) is 12.5. The highest BCUT2D eigenvalue weighted by molar-refractivity contribution is 5.56. The molecule has 3 nitrogen and oxygen atoms in total. The van der Waals surface area contributed by atoms with E-state index in [0.29, 0.717) is 5.92 Å². The van der Waals surface area contributed by atoms with Crippen LogP contribution in [-0.4, -0.2) is 23.4 Å². The zero-order valence-electron chi connectivity index (χ0n) is 13.3. The van der Waals surface area contributed by atoms with Crippen molar-refractivity contribution in [1.82, 2.24) is 0 Å². The van der Waals surface area contributed by atoms with Gasteiger partial charge in [0.2, 0.25) is 0 Å². The molecule has 0 amide bonds. The Bertz CT molecular complexity index is 736. The molecule has 2 heterocycles. The van der Waals surface area contributed by atoms with Crippen LogP contribution in [0.15, 0.2) is 24.3 Å². The van der Waals surface area contributed by atoms with Crippen molar-refractivity contribution in [2.45, 2.75) is 56.5 Å². The molecule has 3 heteroatoms. The van der Waals surface area contributed by atoms with E-state index in [-0.39, 0.29) is 33.7 Å². The second kappa shape index (κ2) is 2.92. The highest BCUT2D eigenvalue weighted by Gasteiger charge is 2.96. The van der Waals surface area contributed by atoms with Crippen LogP contribution >= 0.6 is 0 Å². The smallest absolute Gasteiger partial charge is 0.127 e. The van der Waals surface area contributed by atoms with Crippen LogP contribution in [0.2, 0.25) is 0 Å². The van der Waals surface area contributed by atoms with E-state index in [2.05, 4.69) is 45.0 Å². The van der Waals surface area contributed by atoms with Crippen LogP contribution in [0.1, 0.15) is 44.7 Å². The van der Waals surface area contributed by atoms with Gasteiger partial charge in [-0.25, -0.2) is 0 Å². The summed E-state index contributed by atoms with van der Waals surface area (Å²) in [6, 6.07) is 8.70. The van der Waals surface area contributed by atoms with E-state index in [1.807, 2.05) is 0 Å². The van der Waals surface area contributed by atoms with Crippen LogP contribution in [-0.2, 0) is 20.7 Å². The van der Waals surface area contributed by atoms with Gasteiger partial charge in [0.15, 0.2) is 0 Å². The molecule has 4 fully saturated rings. The molecular formula is C19H22O3. The molecule has 1 N–H and O–H groups in total. The third-order valence-corrected chi connectivity index (χ3v) is 8.40. The molecule has 2 aliphatic heterocycles. The Morgan fingerprint density at radius 1 is 1.14 bits per heavy atom. The fourth-order valence-electron chi connectivity index (χ4n) is 6.96. The molecule has 6 atom stereocenters. The standard InChI is InChI=1S/C19H22O3/c1-15(2)13-8-14(20)16(15,3)18-9-17(10-21-17)11-6-4-5-7-12(11)19(13,18)22-18/h4-7,13-14,20H,8-10H2,1-3H3/t13?,14?,16?,17-,18-,19?/m0/s1. The van der Waals surface area contributed by atoms with Crippen LogP contribution in [0.3, 0.4) is 0 Å². The number of aliphatic hydroxyl groups is 1. The second-order valence-electron chi connectivity index (χ2n) is 8.90. The molecule has 6 rings (SSSR count). The largest absolute Gasteiger partial charge is 0.392 e. The molecule has 1 spiro atoms. The highest BCUT2D eigenvalue weighted by atomic mass is 16.7. The zero-order chi connectivity index (χ0) is 15.2. The van der Waals surface area contributed by atoms with Gasteiger partial charge >= 0.3 is 0 Å². The summed E-state index contributed by atoms with van der Waals surface area (Å²) in [6.07, 6.45) is 1.49. The molecular weight excluding hydrogens is 276 g/mol. The van der Waals surface area contributed by atoms with E-state index in [0.717, 1.165) is 19.4 Å². The van der Waals surface area contributed by atoms with E-state index < -0.39 is 0 Å². The Kier molecular flexibility index (Phi) is 1.66. The average molecular weight is 298 g/mol. The summed E-state index contributed by atoms with van der Waals surface area (Å²) in [5, 5.41) is 10.9. The van der Waals surface area contributed by atoms with Gasteiger partial charge in [-0.1, -0.05) is 45.0 Å². The lowest BCUT2D eigenvalue weighted by atomic mass is 9.58. The SMILES string of the molecule is CC1(C)C2CC(O)C1(C)[C@@]13C[C@]4(CO4)c4ccccc4C21O3. The van der Waals surface area contributed by atoms with Crippen LogP contribution in [0, 0.1) is 16.7 Å². The number of epoxide rings is 2. The van der Waals surface area contributed by atoms with E-state index in [9.17, 15) is 5.11 Å². The molecule has 2 saturated carbocycles. The number of hydrogen-bond acceptors (Lipinski definition) is 3. The van der Waals surface area contributed by atoms with Gasteiger partial charge in [0.25, 0.3) is 0 Å². The molecule has 3 aliphatic carbocycles. The molecule has 22 heavy (non-hydrogen) atoms. The quantitative estimate of drug-likeness (QED) is 0.749. The molecule has 0 aromatic heterocycles. The highest BCUT2D eigenvalue weighted by Crippen LogP contribution is 2.90. The minimum absolute atomic E-state index is 0.0815. The van der Waals surface area contributed by atoms with E-state index in [1.165, 1.54) is 11.1 Å². The van der Waals surface area contributed by atoms with Gasteiger partial charge in [-0.2, -0.15) is 0 Å². The van der Waals surface area contributed by atoms with E-state index >= 15 is 0 Å². The molecule has 4 unspecified atom stereocenters. The predicted octanol–water partition coefficient (Wildman–Crippen LogP) is 2.71. The second-order valence-corrected chi connectivity index (χ2v) is 8.90. The van der Waals surface area contributed by atoms with Crippen molar-refractivity contribution >= 4 is 0 Å². The minimum Gasteiger partial charge on any atom is -0.392 e. The van der Waals surface area contributed by atoms with Crippen LogP contribution in [0.5, 0.6) is 0 Å². The lowest BCUT2D eigenvalue weighted by Crippen LogP contribution is -2.52. The molecule has 5 aliphatic rings. The van der Waals surface area contributed by atoms with Crippen molar-refractivity contribution in [3.63, 3.8) is 0 Å². The summed E-state index contributed by atoms with van der Waals surface area (Å²) >= 11 is 0. The minimum atomic E-state index is -0.274. The third-order valence-electron chi connectivity index (χ3n) is 8.40. The lowest BCUT2D eigenvalue weighted by Gasteiger charge is -2.44. The Labute approximate surface area is 130 Å². The van der Waals surface area contributed by atoms with Gasteiger partial charge in [0.05, 0.1) is 12.7 Å². The summed E-state index contributed by atoms with van der Waals surface area (Å²) < 4.78 is 12.6. The number of aliphatic hydroxyl groups excluding tert-OH is 1. The monoisotopic (exact) mass is 298 g/mol. The van der Waals surface area contributed by atoms with Gasteiger partial charge in [0, 0.05) is 17.8 Å². The lowest BCUT2D eigenvalue weighted by molar-refractivity contribution is -0.0717. The summed E-state index contributed by atoms with van der Waals surface area (Å²) in [4.78, 5) is 0. The Morgan fingerprint density at radius 2 is 1.82 bits per heavy atom. The van der Waals surface area contributed by atoms with Gasteiger partial charge in [-0.15, -0.1) is 0 Å². The maximum Gasteiger partial charge on any atom is 0.127 e. The summed E-state index contributed by atoms with van der Waals surface area (Å²) in [7, 11) is 0. The molecule has 1 aromatic rings. The number of ether oxygens (including phenoxy) is 2. The van der Waals surface area contributed by atoms with Crippen LogP contribution in [0.4, 0.5) is 0 Å². The van der Waals surface area contributed by atoms with Gasteiger partial charge in [-0.05, 0) is 23.0 Å². The van der Waals surface area contributed by atoms with Crippen molar-refractivity contribution in [1.29, 1.82) is 0 Å². The number of hydrogen-bond donors (Lipinski definition) is 1. The topological polar surface area (TPSA) is 45.3 Å². The van der Waals surface area contributed by atoms with Crippen molar-refractivity contribution in [3.05, 3.63) is 35.4 Å². The normalized spacial score (nSPS) is 58.2. The number of benzene rings is 1. The third kappa shape index (κ3) is 0.844. The van der Waals surface area contributed by atoms with Gasteiger partial charge < -0.3 is 14.6 Å². The Balaban J connectivity index is 1.69. The molecule has 1 aromatic carbocycles.